The summed E-state index contributed by atoms with van der Waals surface area (Å²) < 4.78 is 16.5. The standard InChI is InChI=1S/C13H19N2O5PS/c1-4-17-21(22,18-5-2)20-12-8-6-11(7-9-12)10(3)15-19-13(14)16/h6-9H,4-5H2,1-3H3,(H2,14,16)/b15-10-. The van der Waals surface area contributed by atoms with E-state index in [9.17, 15) is 4.79 Å². The van der Waals surface area contributed by atoms with E-state index in [0.717, 1.165) is 5.56 Å². The van der Waals surface area contributed by atoms with Crippen LogP contribution in [0.1, 0.15) is 26.3 Å². The number of carbonyl (C=O) groups excluding carboxylic acids is 1. The maximum atomic E-state index is 10.5. The number of amides is 1. The first kappa shape index (κ1) is 18.6. The van der Waals surface area contributed by atoms with Crippen molar-refractivity contribution in [3.8, 4) is 5.75 Å². The van der Waals surface area contributed by atoms with Crippen LogP contribution >= 0.6 is 6.72 Å². The number of nitrogens with zero attached hydrogens (tertiary/aromatic N) is 1. The fourth-order valence-corrected chi connectivity index (χ4v) is 3.54. The number of oxime groups is 1. The lowest BCUT2D eigenvalue weighted by molar-refractivity contribution is 0.161. The smallest absolute Gasteiger partial charge is 0.424 e. The molecule has 0 aliphatic rings. The van der Waals surface area contributed by atoms with Crippen LogP contribution in [0.5, 0.6) is 5.75 Å². The second-order valence-electron chi connectivity index (χ2n) is 3.99. The molecule has 0 atom stereocenters. The Morgan fingerprint density at radius 1 is 1.23 bits per heavy atom. The summed E-state index contributed by atoms with van der Waals surface area (Å²) in [6, 6.07) is 6.90. The Bertz CT molecular complexity index is 566. The number of carbonyl (C=O) groups is 1. The molecule has 1 rings (SSSR count). The van der Waals surface area contributed by atoms with E-state index in [1.165, 1.54) is 0 Å². The van der Waals surface area contributed by atoms with E-state index in [2.05, 4.69) is 9.99 Å². The van der Waals surface area contributed by atoms with Gasteiger partial charge in [0, 0.05) is 11.8 Å². The summed E-state index contributed by atoms with van der Waals surface area (Å²) in [6.07, 6.45) is -0.964. The van der Waals surface area contributed by atoms with Gasteiger partial charge in [-0.2, -0.15) is 0 Å². The van der Waals surface area contributed by atoms with Crippen LogP contribution in [-0.2, 0) is 25.7 Å². The average Bonchev–Trinajstić information content (AvgIpc) is 2.45. The van der Waals surface area contributed by atoms with E-state index >= 15 is 0 Å². The van der Waals surface area contributed by atoms with Gasteiger partial charge in [0.2, 0.25) is 0 Å². The molecule has 0 saturated heterocycles. The van der Waals surface area contributed by atoms with Gasteiger partial charge in [-0.15, -0.1) is 0 Å². The molecule has 0 spiro atoms. The third-order valence-electron chi connectivity index (χ3n) is 2.34. The normalized spacial score (nSPS) is 12.0. The largest absolute Gasteiger partial charge is 0.430 e. The highest BCUT2D eigenvalue weighted by atomic mass is 32.5. The van der Waals surface area contributed by atoms with Crippen molar-refractivity contribution >= 4 is 30.3 Å². The zero-order valence-corrected chi connectivity index (χ0v) is 14.4. The monoisotopic (exact) mass is 346 g/mol. The van der Waals surface area contributed by atoms with Crippen molar-refractivity contribution in [1.82, 2.24) is 0 Å². The molecule has 122 valence electrons. The minimum atomic E-state index is -2.79. The molecule has 1 aromatic carbocycles. The summed E-state index contributed by atoms with van der Waals surface area (Å²) in [7, 11) is 0. The quantitative estimate of drug-likeness (QED) is 0.336. The second-order valence-corrected chi connectivity index (χ2v) is 6.92. The van der Waals surface area contributed by atoms with Crippen molar-refractivity contribution in [2.24, 2.45) is 10.9 Å². The number of hydrogen-bond acceptors (Lipinski definition) is 7. The van der Waals surface area contributed by atoms with Crippen LogP contribution < -0.4 is 10.3 Å². The van der Waals surface area contributed by atoms with Crippen LogP contribution in [0.3, 0.4) is 0 Å². The van der Waals surface area contributed by atoms with Crippen LogP contribution in [0, 0.1) is 0 Å². The minimum absolute atomic E-state index is 0.408. The Balaban J connectivity index is 2.81. The molecule has 0 aromatic heterocycles. The topological polar surface area (TPSA) is 92.4 Å². The van der Waals surface area contributed by atoms with Gasteiger partial charge in [0.05, 0.1) is 18.9 Å². The van der Waals surface area contributed by atoms with Gasteiger partial charge in [0.1, 0.15) is 5.75 Å². The molecule has 2 N–H and O–H groups in total. The van der Waals surface area contributed by atoms with Gasteiger partial charge < -0.3 is 10.3 Å². The van der Waals surface area contributed by atoms with Gasteiger partial charge >= 0.3 is 12.8 Å². The third-order valence-corrected chi connectivity index (χ3v) is 4.78. The van der Waals surface area contributed by atoms with Crippen LogP contribution in [0.15, 0.2) is 29.4 Å². The summed E-state index contributed by atoms with van der Waals surface area (Å²) in [4.78, 5) is 14.9. The highest BCUT2D eigenvalue weighted by molar-refractivity contribution is 8.07. The molecule has 1 amide bonds. The minimum Gasteiger partial charge on any atom is -0.424 e. The maximum absolute atomic E-state index is 10.5. The van der Waals surface area contributed by atoms with Crippen molar-refractivity contribution < 1.29 is 23.2 Å². The van der Waals surface area contributed by atoms with E-state index in [4.69, 9.17) is 31.1 Å². The first-order chi connectivity index (χ1) is 10.4. The lowest BCUT2D eigenvalue weighted by Crippen LogP contribution is -2.10. The molecule has 0 fully saturated rings. The molecule has 1 aromatic rings. The van der Waals surface area contributed by atoms with Gasteiger partial charge in [-0.1, -0.05) is 5.16 Å². The van der Waals surface area contributed by atoms with Crippen LogP contribution in [0.4, 0.5) is 4.79 Å². The van der Waals surface area contributed by atoms with E-state index in [1.54, 1.807) is 31.2 Å². The van der Waals surface area contributed by atoms with E-state index in [0.29, 0.717) is 24.7 Å². The SMILES string of the molecule is CCOP(=S)(OCC)Oc1ccc(/C(C)=N\OC(N)=O)cc1. The molecular formula is C13H19N2O5PS. The summed E-state index contributed by atoms with van der Waals surface area (Å²) in [5, 5.41) is 3.60. The van der Waals surface area contributed by atoms with Crippen molar-refractivity contribution in [2.45, 2.75) is 20.8 Å². The van der Waals surface area contributed by atoms with E-state index in [1.807, 2.05) is 13.8 Å². The molecule has 0 aliphatic heterocycles. The van der Waals surface area contributed by atoms with Crippen molar-refractivity contribution in [3.63, 3.8) is 0 Å². The summed E-state index contributed by atoms with van der Waals surface area (Å²) >= 11 is 5.29. The maximum Gasteiger partial charge on any atom is 0.430 e. The van der Waals surface area contributed by atoms with Gasteiger partial charge in [-0.3, -0.25) is 13.9 Å². The van der Waals surface area contributed by atoms with Crippen molar-refractivity contribution in [1.29, 1.82) is 0 Å². The second kappa shape index (κ2) is 8.85. The number of nitrogens with two attached hydrogens (primary N) is 1. The Labute approximate surface area is 134 Å². The Morgan fingerprint density at radius 3 is 2.23 bits per heavy atom. The Hall–Kier alpha value is -1.47. The number of benzene rings is 1. The van der Waals surface area contributed by atoms with Gasteiger partial charge in [0.15, 0.2) is 0 Å². The van der Waals surface area contributed by atoms with Crippen LogP contribution in [-0.4, -0.2) is 25.0 Å². The molecule has 0 saturated carbocycles. The lowest BCUT2D eigenvalue weighted by atomic mass is 10.1. The fourth-order valence-electron chi connectivity index (χ4n) is 1.46. The molecular weight excluding hydrogens is 327 g/mol. The fraction of sp³-hybridized carbons (Fsp3) is 0.385. The van der Waals surface area contributed by atoms with E-state index < -0.39 is 12.8 Å². The van der Waals surface area contributed by atoms with Crippen molar-refractivity contribution in [2.75, 3.05) is 13.2 Å². The molecule has 22 heavy (non-hydrogen) atoms. The molecule has 0 radical (unpaired) electrons. The summed E-state index contributed by atoms with van der Waals surface area (Å²) in [5.74, 6) is 0.526. The highest BCUT2D eigenvalue weighted by Crippen LogP contribution is 2.49. The number of primary amides is 1. The predicted octanol–water partition coefficient (Wildman–Crippen LogP) is 3.18. The molecule has 0 aliphatic carbocycles. The zero-order valence-electron chi connectivity index (χ0n) is 12.6. The molecule has 0 unspecified atom stereocenters. The zero-order chi connectivity index (χ0) is 16.6. The van der Waals surface area contributed by atoms with E-state index in [-0.39, 0.29) is 0 Å². The molecule has 0 bridgehead atoms. The van der Waals surface area contributed by atoms with Crippen molar-refractivity contribution in [3.05, 3.63) is 29.8 Å². The molecule has 0 heterocycles. The Kier molecular flexibility index (Phi) is 7.47. The molecule has 9 heteroatoms. The predicted molar refractivity (Wildman–Crippen MR) is 87.5 cm³/mol. The van der Waals surface area contributed by atoms with Crippen LogP contribution in [0.2, 0.25) is 0 Å². The van der Waals surface area contributed by atoms with Gasteiger partial charge in [0.25, 0.3) is 0 Å². The number of hydrogen-bond donors (Lipinski definition) is 1. The summed E-state index contributed by atoms with van der Waals surface area (Å²) in [5.41, 5.74) is 6.09. The number of rotatable bonds is 8. The van der Waals surface area contributed by atoms with Gasteiger partial charge in [-0.25, -0.2) is 4.79 Å². The van der Waals surface area contributed by atoms with Gasteiger partial charge in [-0.05, 0) is 50.6 Å². The molecule has 7 nitrogen and oxygen atoms in total. The first-order valence-corrected chi connectivity index (χ1v) is 9.16. The third kappa shape index (κ3) is 6.11. The first-order valence-electron chi connectivity index (χ1n) is 6.60. The Morgan fingerprint density at radius 2 is 1.77 bits per heavy atom. The van der Waals surface area contributed by atoms with Crippen LogP contribution in [0.25, 0.3) is 0 Å². The summed E-state index contributed by atoms with van der Waals surface area (Å²) in [6.45, 7) is 3.36. The lowest BCUT2D eigenvalue weighted by Gasteiger charge is -2.21. The highest BCUT2D eigenvalue weighted by Gasteiger charge is 2.21. The average molecular weight is 346 g/mol.